The summed E-state index contributed by atoms with van der Waals surface area (Å²) in [6.45, 7) is 48.0. The van der Waals surface area contributed by atoms with Gasteiger partial charge in [0, 0.05) is 46.3 Å². The summed E-state index contributed by atoms with van der Waals surface area (Å²) in [5.41, 5.74) is 4.58. The summed E-state index contributed by atoms with van der Waals surface area (Å²) in [5.74, 6) is -0.485. The predicted octanol–water partition coefficient (Wildman–Crippen LogP) is 15.4. The average Bonchev–Trinajstić information content (AvgIpc) is 3.72. The molecule has 3 saturated heterocycles. The number of hydrogen-bond donors (Lipinski definition) is 0. The number of Topliss-reactive ketones (excluding diaryl/α,β-unsaturated/α-hetero) is 1. The molecule has 0 aromatic heterocycles. The fourth-order valence-corrected chi connectivity index (χ4v) is 32.5. The summed E-state index contributed by atoms with van der Waals surface area (Å²) in [5, 5.41) is 0. The van der Waals surface area contributed by atoms with Gasteiger partial charge in [0.25, 0.3) is 0 Å². The molecule has 1 aromatic carbocycles. The number of rotatable bonds is 29. The molecule has 12 nitrogen and oxygen atoms in total. The number of carbonyl (C=O) groups is 1. The van der Waals surface area contributed by atoms with Crippen LogP contribution < -0.4 is 4.74 Å². The Kier molecular flexibility index (Phi) is 23.9. The van der Waals surface area contributed by atoms with Crippen molar-refractivity contribution in [2.45, 2.75) is 276 Å². The SMILES string of the molecule is COc1ccc(COC2C(CC(=O)CP(=O)(OC)OC)OC3(C[C@@H]2C)C[C@H](C)C2OC([C@H](C[C@H](CO[Si](C(C)C)(C(C)C)C(C)C)O[Si](C(C)C)(C(C)C)C(C)C)O[Si](C(C)C)(C(C)C)C(C)C)CC2O3)cc1. The van der Waals surface area contributed by atoms with E-state index in [2.05, 4.69) is 138 Å². The van der Waals surface area contributed by atoms with Crippen LogP contribution in [0.5, 0.6) is 5.75 Å². The fraction of sp³-hybridized carbons (Fsp3) is 0.877. The third kappa shape index (κ3) is 14.5. The highest BCUT2D eigenvalue weighted by Crippen LogP contribution is 2.53. The summed E-state index contributed by atoms with van der Waals surface area (Å²) >= 11 is 0. The summed E-state index contributed by atoms with van der Waals surface area (Å²) in [6.07, 6.45) is -0.199. The molecule has 0 amide bonds. The Bertz CT molecular complexity index is 1820. The van der Waals surface area contributed by atoms with Crippen molar-refractivity contribution in [1.29, 1.82) is 0 Å². The van der Waals surface area contributed by atoms with Crippen LogP contribution in [0.2, 0.25) is 49.9 Å². The molecule has 3 aliphatic heterocycles. The Labute approximate surface area is 448 Å². The summed E-state index contributed by atoms with van der Waals surface area (Å²) < 4.78 is 81.2. The van der Waals surface area contributed by atoms with Crippen molar-refractivity contribution in [1.82, 2.24) is 0 Å². The van der Waals surface area contributed by atoms with Gasteiger partial charge in [-0.2, -0.15) is 0 Å². The number of carbonyl (C=O) groups excluding carboxylic acids is 1. The molecular formula is C57H107O12PSi3. The van der Waals surface area contributed by atoms with Crippen LogP contribution in [0.4, 0.5) is 0 Å². The van der Waals surface area contributed by atoms with Crippen LogP contribution in [0, 0.1) is 11.8 Å². The third-order valence-corrected chi connectivity index (χ3v) is 38.1. The fourth-order valence-electron chi connectivity index (χ4n) is 14.9. The highest BCUT2D eigenvalue weighted by molar-refractivity contribution is 7.54. The number of benzene rings is 1. The van der Waals surface area contributed by atoms with Gasteiger partial charge in [0.05, 0.1) is 63.1 Å². The van der Waals surface area contributed by atoms with Gasteiger partial charge in [-0.1, -0.05) is 151 Å². The van der Waals surface area contributed by atoms with Crippen LogP contribution >= 0.6 is 7.60 Å². The van der Waals surface area contributed by atoms with Crippen molar-refractivity contribution in [2.75, 3.05) is 34.1 Å². The molecular weight excluding hydrogens is 992 g/mol. The Morgan fingerprint density at radius 2 is 1.15 bits per heavy atom. The Hall–Kier alpha value is -0.789. The summed E-state index contributed by atoms with van der Waals surface area (Å²) in [7, 11) is -6.52. The van der Waals surface area contributed by atoms with Gasteiger partial charge >= 0.3 is 7.60 Å². The van der Waals surface area contributed by atoms with E-state index in [0.29, 0.717) is 88.8 Å². The lowest BCUT2D eigenvalue weighted by molar-refractivity contribution is -0.355. The second-order valence-corrected chi connectivity index (χ2v) is 43.9. The van der Waals surface area contributed by atoms with E-state index in [1.54, 1.807) is 7.11 Å². The van der Waals surface area contributed by atoms with E-state index in [9.17, 15) is 9.36 Å². The van der Waals surface area contributed by atoms with Crippen molar-refractivity contribution in [3.8, 4) is 5.75 Å². The average molecular weight is 1100 g/mol. The first-order valence-corrected chi connectivity index (χ1v) is 36.6. The van der Waals surface area contributed by atoms with Gasteiger partial charge in [-0.25, -0.2) is 0 Å². The van der Waals surface area contributed by atoms with Crippen LogP contribution in [0.1, 0.15) is 176 Å². The molecule has 3 fully saturated rings. The van der Waals surface area contributed by atoms with E-state index in [1.807, 2.05) is 24.3 Å². The lowest BCUT2D eigenvalue weighted by Crippen LogP contribution is -2.59. The lowest BCUT2D eigenvalue weighted by atomic mass is 9.79. The van der Waals surface area contributed by atoms with Crippen LogP contribution in [0.3, 0.4) is 0 Å². The highest BCUT2D eigenvalue weighted by Gasteiger charge is 2.59. The monoisotopic (exact) mass is 1100 g/mol. The first-order chi connectivity index (χ1) is 33.9. The molecule has 0 saturated carbocycles. The van der Waals surface area contributed by atoms with Gasteiger partial charge in [0.15, 0.2) is 14.1 Å². The maximum atomic E-state index is 13.9. The highest BCUT2D eigenvalue weighted by atomic mass is 31.2. The predicted molar refractivity (Wildman–Crippen MR) is 304 cm³/mol. The van der Waals surface area contributed by atoms with Crippen molar-refractivity contribution in [3.05, 3.63) is 29.8 Å². The zero-order valence-corrected chi connectivity index (χ0v) is 54.1. The number of ketones is 1. The maximum Gasteiger partial charge on any atom is 0.337 e. The van der Waals surface area contributed by atoms with Gasteiger partial charge < -0.3 is 46.0 Å². The number of methoxy groups -OCH3 is 1. The third-order valence-electron chi connectivity index (χ3n) is 17.9. The maximum absolute atomic E-state index is 13.9. The quantitative estimate of drug-likeness (QED) is 0.0560. The van der Waals surface area contributed by atoms with E-state index in [0.717, 1.165) is 11.3 Å². The first kappa shape index (κ1) is 64.7. The molecule has 0 aliphatic carbocycles. The van der Waals surface area contributed by atoms with E-state index in [4.69, 9.17) is 46.0 Å². The molecule has 4 rings (SSSR count). The molecule has 73 heavy (non-hydrogen) atoms. The van der Waals surface area contributed by atoms with Crippen molar-refractivity contribution in [3.63, 3.8) is 0 Å². The smallest absolute Gasteiger partial charge is 0.337 e. The van der Waals surface area contributed by atoms with Crippen LogP contribution in [-0.2, 0) is 57.2 Å². The van der Waals surface area contributed by atoms with E-state index >= 15 is 0 Å². The molecule has 10 atom stereocenters. The molecule has 0 radical (unpaired) electrons. The number of ether oxygens (including phenoxy) is 5. The standard InChI is InChI=1S/C57H107O12PSi3/c1-36(2)71(37(3)4,38(5)6)64-34-50(68-72(39(7)8,40(9)10)41(11)12)29-52(69-73(42(13)14,43(15)16)44(17)18)51-30-54-56(65-51)46(20)32-57(67-54)31-45(19)55(63-33-47-24-26-49(60-21)27-25-47)53(66-57)28-48(58)35-70(59,61-22)62-23/h24-27,36-46,50-56H,28-35H2,1-23H3/t45-,46-,50+,51?,52-,53?,54?,55?,56?,57?/m0/s1. The summed E-state index contributed by atoms with van der Waals surface area (Å²) in [6, 6.07) is 7.79. The van der Waals surface area contributed by atoms with E-state index in [-0.39, 0.29) is 60.7 Å². The zero-order chi connectivity index (χ0) is 55.2. The molecule has 1 aromatic rings. The van der Waals surface area contributed by atoms with Gasteiger partial charge in [-0.15, -0.1) is 0 Å². The second-order valence-electron chi connectivity index (χ2n) is 25.4. The first-order valence-electron chi connectivity index (χ1n) is 28.4. The molecule has 424 valence electrons. The van der Waals surface area contributed by atoms with Crippen LogP contribution in [-0.4, -0.2) is 113 Å². The van der Waals surface area contributed by atoms with Gasteiger partial charge in [-0.05, 0) is 79.4 Å². The minimum atomic E-state index is -3.62. The normalized spacial score (nSPS) is 26.5. The zero-order valence-electron chi connectivity index (χ0n) is 50.2. The largest absolute Gasteiger partial charge is 0.497 e. The Balaban J connectivity index is 1.79. The van der Waals surface area contributed by atoms with Crippen molar-refractivity contribution in [2.24, 2.45) is 11.8 Å². The second kappa shape index (κ2) is 26.9. The molecule has 0 N–H and O–H groups in total. The van der Waals surface area contributed by atoms with Gasteiger partial charge in [0.1, 0.15) is 17.7 Å². The van der Waals surface area contributed by atoms with Crippen molar-refractivity contribution < 1.29 is 55.4 Å². The van der Waals surface area contributed by atoms with Crippen LogP contribution in [0.15, 0.2) is 24.3 Å². The van der Waals surface area contributed by atoms with Crippen molar-refractivity contribution >= 4 is 38.3 Å². The van der Waals surface area contributed by atoms with E-state index in [1.165, 1.54) is 14.2 Å². The van der Waals surface area contributed by atoms with Crippen LogP contribution in [0.25, 0.3) is 0 Å². The van der Waals surface area contributed by atoms with Gasteiger partial charge in [0.2, 0.25) is 16.6 Å². The number of fused-ring (bicyclic) bond motifs is 1. The Morgan fingerprint density at radius 1 is 0.671 bits per heavy atom. The number of hydrogen-bond acceptors (Lipinski definition) is 12. The molecule has 0 bridgehead atoms. The molecule has 16 heteroatoms. The molecule has 1 spiro atoms. The topological polar surface area (TPSA) is 126 Å². The molecule has 3 aliphatic rings. The Morgan fingerprint density at radius 3 is 1.62 bits per heavy atom. The lowest BCUT2D eigenvalue weighted by Gasteiger charge is -2.52. The minimum Gasteiger partial charge on any atom is -0.497 e. The molecule has 6 unspecified atom stereocenters. The van der Waals surface area contributed by atoms with Gasteiger partial charge in [-0.3, -0.25) is 9.36 Å². The van der Waals surface area contributed by atoms with E-state index < -0.39 is 50.5 Å². The minimum absolute atomic E-state index is 0.0325. The molecule has 3 heterocycles. The summed E-state index contributed by atoms with van der Waals surface area (Å²) in [4.78, 5) is 13.9.